The molecule has 0 saturated heterocycles. The van der Waals surface area contributed by atoms with E-state index in [1.165, 1.54) is 21.3 Å². The molecule has 2 rings (SSSR count). The lowest BCUT2D eigenvalue weighted by Gasteiger charge is -2.34. The fourth-order valence-electron chi connectivity index (χ4n) is 3.35. The van der Waals surface area contributed by atoms with Gasteiger partial charge in [0.05, 0.1) is 27.9 Å². The van der Waals surface area contributed by atoms with Gasteiger partial charge in [0.25, 0.3) is 5.91 Å². The van der Waals surface area contributed by atoms with Gasteiger partial charge >= 0.3 is 12.1 Å². The van der Waals surface area contributed by atoms with Gasteiger partial charge in [-0.1, -0.05) is 0 Å². The molecule has 156 valence electrons. The number of benzene rings is 1. The van der Waals surface area contributed by atoms with Gasteiger partial charge in [-0.2, -0.15) is 13.2 Å². The summed E-state index contributed by atoms with van der Waals surface area (Å²) in [5.41, 5.74) is 1.72. The highest BCUT2D eigenvalue weighted by molar-refractivity contribution is 5.77. The molecule has 0 aliphatic carbocycles. The van der Waals surface area contributed by atoms with Crippen LogP contribution in [0.4, 0.5) is 13.2 Å². The Balaban J connectivity index is 2.27. The molecule has 1 amide bonds. The molecular formula is C18H24F3N2O5+. The van der Waals surface area contributed by atoms with E-state index < -0.39 is 30.6 Å². The number of alkyl halides is 3. The van der Waals surface area contributed by atoms with E-state index in [9.17, 15) is 22.8 Å². The summed E-state index contributed by atoms with van der Waals surface area (Å²) in [6.45, 7) is -1.10. The van der Waals surface area contributed by atoms with Crippen molar-refractivity contribution in [1.82, 2.24) is 5.32 Å². The van der Waals surface area contributed by atoms with Crippen LogP contribution >= 0.6 is 0 Å². The van der Waals surface area contributed by atoms with Crippen LogP contribution in [-0.2, 0) is 20.7 Å². The lowest BCUT2D eigenvalue weighted by Crippen LogP contribution is -3.14. The van der Waals surface area contributed by atoms with Crippen LogP contribution in [0.25, 0.3) is 0 Å². The zero-order valence-corrected chi connectivity index (χ0v) is 15.9. The Morgan fingerprint density at radius 2 is 1.82 bits per heavy atom. The van der Waals surface area contributed by atoms with Crippen molar-refractivity contribution in [2.24, 2.45) is 0 Å². The van der Waals surface area contributed by atoms with Crippen molar-refractivity contribution in [2.45, 2.75) is 25.1 Å². The van der Waals surface area contributed by atoms with Crippen molar-refractivity contribution >= 4 is 11.9 Å². The van der Waals surface area contributed by atoms with Gasteiger partial charge in [-0.05, 0) is 17.7 Å². The van der Waals surface area contributed by atoms with Crippen LogP contribution < -0.4 is 19.7 Å². The highest BCUT2D eigenvalue weighted by Crippen LogP contribution is 2.35. The zero-order chi connectivity index (χ0) is 20.9. The van der Waals surface area contributed by atoms with Crippen LogP contribution in [0.3, 0.4) is 0 Å². The van der Waals surface area contributed by atoms with E-state index in [1.807, 2.05) is 11.4 Å². The summed E-state index contributed by atoms with van der Waals surface area (Å²) in [4.78, 5) is 24.6. The summed E-state index contributed by atoms with van der Waals surface area (Å²) >= 11 is 0. The minimum absolute atomic E-state index is 0.0130. The number of quaternary nitrogens is 1. The lowest BCUT2D eigenvalue weighted by molar-refractivity contribution is -0.925. The summed E-state index contributed by atoms with van der Waals surface area (Å²) in [5, 5.41) is 1.88. The van der Waals surface area contributed by atoms with E-state index in [1.54, 1.807) is 6.07 Å². The number of carbonyl (C=O) groups excluding carboxylic acids is 2. The predicted octanol–water partition coefficient (Wildman–Crippen LogP) is 0.428. The fourth-order valence-corrected chi connectivity index (χ4v) is 3.35. The number of methoxy groups -OCH3 is 3. The number of rotatable bonds is 7. The molecule has 28 heavy (non-hydrogen) atoms. The van der Waals surface area contributed by atoms with Gasteiger partial charge in [0.1, 0.15) is 19.0 Å². The number of hydrogen-bond donors (Lipinski definition) is 2. The van der Waals surface area contributed by atoms with E-state index in [4.69, 9.17) is 14.2 Å². The molecule has 1 aromatic rings. The summed E-state index contributed by atoms with van der Waals surface area (Å²) < 4.78 is 52.4. The predicted molar refractivity (Wildman–Crippen MR) is 92.4 cm³/mol. The van der Waals surface area contributed by atoms with Crippen LogP contribution in [0.15, 0.2) is 12.1 Å². The van der Waals surface area contributed by atoms with Crippen molar-refractivity contribution < 1.29 is 41.9 Å². The van der Waals surface area contributed by atoms with Crippen LogP contribution in [0.1, 0.15) is 23.6 Å². The second-order valence-electron chi connectivity index (χ2n) is 6.47. The molecule has 0 spiro atoms. The fraction of sp³-hybridized carbons (Fsp3) is 0.556. The van der Waals surface area contributed by atoms with Crippen LogP contribution in [-0.4, -0.2) is 59.0 Å². The van der Waals surface area contributed by atoms with E-state index in [-0.39, 0.29) is 13.0 Å². The molecule has 1 aliphatic heterocycles. The monoisotopic (exact) mass is 405 g/mol. The molecule has 1 aliphatic rings. The first kappa shape index (κ1) is 21.8. The van der Waals surface area contributed by atoms with Gasteiger partial charge in [0, 0.05) is 12.0 Å². The van der Waals surface area contributed by atoms with E-state index in [0.717, 1.165) is 11.1 Å². The van der Waals surface area contributed by atoms with Gasteiger partial charge in [-0.3, -0.25) is 9.59 Å². The molecule has 0 saturated carbocycles. The van der Waals surface area contributed by atoms with Crippen molar-refractivity contribution in [3.8, 4) is 11.5 Å². The van der Waals surface area contributed by atoms with Crippen molar-refractivity contribution in [3.63, 3.8) is 0 Å². The third-order valence-corrected chi connectivity index (χ3v) is 4.70. The molecule has 10 heteroatoms. The Bertz CT molecular complexity index is 724. The Labute approximate surface area is 160 Å². The number of hydrogen-bond acceptors (Lipinski definition) is 5. The van der Waals surface area contributed by atoms with Gasteiger partial charge in [-0.15, -0.1) is 0 Å². The molecule has 1 aromatic carbocycles. The average Bonchev–Trinajstić information content (AvgIpc) is 2.66. The lowest BCUT2D eigenvalue weighted by atomic mass is 9.90. The number of esters is 1. The van der Waals surface area contributed by atoms with E-state index in [0.29, 0.717) is 29.4 Å². The Morgan fingerprint density at radius 3 is 2.39 bits per heavy atom. The van der Waals surface area contributed by atoms with Gasteiger partial charge in [0.2, 0.25) is 0 Å². The maximum Gasteiger partial charge on any atom is 0.405 e. The number of carbonyl (C=O) groups is 2. The first-order valence-corrected chi connectivity index (χ1v) is 8.68. The number of nitrogens with one attached hydrogen (secondary N) is 2. The van der Waals surface area contributed by atoms with Crippen molar-refractivity contribution in [1.29, 1.82) is 0 Å². The highest BCUT2D eigenvalue weighted by atomic mass is 19.4. The van der Waals surface area contributed by atoms with Crippen molar-refractivity contribution in [2.75, 3.05) is 41.0 Å². The second kappa shape index (κ2) is 9.13. The minimum Gasteiger partial charge on any atom is -0.493 e. The zero-order valence-electron chi connectivity index (χ0n) is 15.9. The molecule has 0 aromatic heterocycles. The van der Waals surface area contributed by atoms with Gasteiger partial charge in [0.15, 0.2) is 18.0 Å². The summed E-state index contributed by atoms with van der Waals surface area (Å²) in [5.74, 6) is -0.185. The summed E-state index contributed by atoms with van der Waals surface area (Å²) in [6, 6.07) is 3.11. The van der Waals surface area contributed by atoms with E-state index >= 15 is 0 Å². The molecule has 1 unspecified atom stereocenters. The Hall–Kier alpha value is -2.49. The van der Waals surface area contributed by atoms with Gasteiger partial charge < -0.3 is 24.4 Å². The number of amides is 1. The first-order chi connectivity index (χ1) is 13.2. The van der Waals surface area contributed by atoms with Crippen LogP contribution in [0, 0.1) is 0 Å². The average molecular weight is 405 g/mol. The third-order valence-electron chi connectivity index (χ3n) is 4.70. The number of halogens is 3. The van der Waals surface area contributed by atoms with Crippen LogP contribution in [0.2, 0.25) is 0 Å². The third kappa shape index (κ3) is 5.51. The smallest absolute Gasteiger partial charge is 0.405 e. The Kier molecular flexibility index (Phi) is 7.11. The quantitative estimate of drug-likeness (QED) is 0.644. The first-order valence-electron chi connectivity index (χ1n) is 8.68. The van der Waals surface area contributed by atoms with Crippen LogP contribution in [0.5, 0.6) is 11.5 Å². The standard InChI is InChI=1S/C18H23F3N2O5/c1-26-14-6-11-4-5-23(9-16(24)22-10-18(19,20)21)13(8-17(25)28-3)12(11)7-15(14)27-2/h6-7,13H,4-5,8-10H2,1-3H3,(H,22,24)/p+1/t13-/m1/s1. The SMILES string of the molecule is COC(=O)C[C@@H]1c2cc(OC)c(OC)cc2CC[NH+]1CC(=O)NCC(F)(F)F. The molecule has 1 heterocycles. The maximum atomic E-state index is 12.3. The Morgan fingerprint density at radius 1 is 1.18 bits per heavy atom. The molecule has 0 bridgehead atoms. The molecule has 2 N–H and O–H groups in total. The molecule has 0 fully saturated rings. The minimum atomic E-state index is -4.48. The number of ether oxygens (including phenoxy) is 3. The summed E-state index contributed by atoms with van der Waals surface area (Å²) in [6.07, 6.45) is -3.91. The highest BCUT2D eigenvalue weighted by Gasteiger charge is 2.36. The largest absolute Gasteiger partial charge is 0.493 e. The number of fused-ring (bicyclic) bond motifs is 1. The molecule has 7 nitrogen and oxygen atoms in total. The molecule has 0 radical (unpaired) electrons. The maximum absolute atomic E-state index is 12.3. The molecular weight excluding hydrogens is 381 g/mol. The van der Waals surface area contributed by atoms with Crippen molar-refractivity contribution in [3.05, 3.63) is 23.3 Å². The second-order valence-corrected chi connectivity index (χ2v) is 6.47. The summed E-state index contributed by atoms with van der Waals surface area (Å²) in [7, 11) is 4.26. The van der Waals surface area contributed by atoms with Gasteiger partial charge in [-0.25, -0.2) is 0 Å². The normalized spacial score (nSPS) is 18.8. The molecule has 2 atom stereocenters. The van der Waals surface area contributed by atoms with E-state index in [2.05, 4.69) is 0 Å². The topological polar surface area (TPSA) is 78.3 Å².